The Morgan fingerprint density at radius 1 is 0.696 bits per heavy atom. The van der Waals surface area contributed by atoms with Crippen molar-refractivity contribution in [3.63, 3.8) is 0 Å². The summed E-state index contributed by atoms with van der Waals surface area (Å²) in [5.41, 5.74) is 0.660. The van der Waals surface area contributed by atoms with Crippen molar-refractivity contribution in [3.8, 4) is 0 Å². The molecule has 2 atom stereocenters. The second-order valence-electron chi connectivity index (χ2n) is 8.49. The highest BCUT2D eigenvalue weighted by Crippen LogP contribution is 2.51. The fourth-order valence-electron chi connectivity index (χ4n) is 4.73. The SMILES string of the molecule is CCCCCCCCC1(CCCCCCCC)CCC2OC2C1. The summed E-state index contributed by atoms with van der Waals surface area (Å²) in [7, 11) is 0. The van der Waals surface area contributed by atoms with Crippen molar-refractivity contribution in [2.45, 2.75) is 135 Å². The zero-order valence-electron chi connectivity index (χ0n) is 16.1. The molecule has 0 aromatic carbocycles. The van der Waals surface area contributed by atoms with Crippen molar-refractivity contribution in [1.29, 1.82) is 0 Å². The molecule has 1 aliphatic heterocycles. The summed E-state index contributed by atoms with van der Waals surface area (Å²) in [6.45, 7) is 4.62. The van der Waals surface area contributed by atoms with E-state index in [4.69, 9.17) is 4.74 Å². The molecular formula is C22H42O. The van der Waals surface area contributed by atoms with Crippen LogP contribution in [0.3, 0.4) is 0 Å². The summed E-state index contributed by atoms with van der Waals surface area (Å²) in [6, 6.07) is 0. The van der Waals surface area contributed by atoms with Gasteiger partial charge in [0.25, 0.3) is 0 Å². The van der Waals surface area contributed by atoms with E-state index in [1.165, 1.54) is 109 Å². The molecule has 1 saturated heterocycles. The van der Waals surface area contributed by atoms with Crippen LogP contribution in [0.2, 0.25) is 0 Å². The Kier molecular flexibility index (Phi) is 9.01. The fourth-order valence-corrected chi connectivity index (χ4v) is 4.73. The maximum absolute atomic E-state index is 5.85. The minimum Gasteiger partial charge on any atom is -0.370 e. The van der Waals surface area contributed by atoms with Crippen molar-refractivity contribution in [2.24, 2.45) is 5.41 Å². The first-order valence-electron chi connectivity index (χ1n) is 10.9. The van der Waals surface area contributed by atoms with E-state index >= 15 is 0 Å². The number of ether oxygens (including phenoxy) is 1. The molecular weight excluding hydrogens is 280 g/mol. The molecule has 0 radical (unpaired) electrons. The van der Waals surface area contributed by atoms with E-state index in [1.54, 1.807) is 0 Å². The van der Waals surface area contributed by atoms with E-state index in [0.29, 0.717) is 17.6 Å². The zero-order valence-corrected chi connectivity index (χ0v) is 16.1. The van der Waals surface area contributed by atoms with E-state index in [9.17, 15) is 0 Å². The molecule has 1 heteroatoms. The summed E-state index contributed by atoms with van der Waals surface area (Å²) in [5.74, 6) is 0. The largest absolute Gasteiger partial charge is 0.370 e. The Morgan fingerprint density at radius 3 is 1.74 bits per heavy atom. The van der Waals surface area contributed by atoms with Crippen molar-refractivity contribution >= 4 is 0 Å². The average molecular weight is 323 g/mol. The van der Waals surface area contributed by atoms with Crippen LogP contribution in [-0.4, -0.2) is 12.2 Å². The van der Waals surface area contributed by atoms with Gasteiger partial charge in [0.15, 0.2) is 0 Å². The average Bonchev–Trinajstić information content (AvgIpc) is 3.32. The van der Waals surface area contributed by atoms with E-state index < -0.39 is 0 Å². The highest BCUT2D eigenvalue weighted by Gasteiger charge is 2.49. The maximum Gasteiger partial charge on any atom is 0.0847 e. The van der Waals surface area contributed by atoms with E-state index in [2.05, 4.69) is 13.8 Å². The van der Waals surface area contributed by atoms with Crippen LogP contribution < -0.4 is 0 Å². The Bertz CT molecular complexity index is 282. The Morgan fingerprint density at radius 2 is 1.22 bits per heavy atom. The lowest BCUT2D eigenvalue weighted by atomic mass is 9.68. The van der Waals surface area contributed by atoms with Crippen molar-refractivity contribution in [3.05, 3.63) is 0 Å². The van der Waals surface area contributed by atoms with Gasteiger partial charge in [-0.25, -0.2) is 0 Å². The molecule has 0 amide bonds. The van der Waals surface area contributed by atoms with Gasteiger partial charge in [-0.3, -0.25) is 0 Å². The normalized spacial score (nSPS) is 25.3. The van der Waals surface area contributed by atoms with Crippen LogP contribution in [0, 0.1) is 5.41 Å². The number of epoxide rings is 1. The quantitative estimate of drug-likeness (QED) is 0.239. The summed E-state index contributed by atoms with van der Waals surface area (Å²) in [6.07, 6.45) is 25.8. The molecule has 2 aliphatic rings. The number of unbranched alkanes of at least 4 members (excludes halogenated alkanes) is 10. The third-order valence-electron chi connectivity index (χ3n) is 6.40. The van der Waals surface area contributed by atoms with Crippen LogP contribution in [0.15, 0.2) is 0 Å². The van der Waals surface area contributed by atoms with Crippen molar-refractivity contribution < 1.29 is 4.74 Å². The van der Waals surface area contributed by atoms with E-state index in [0.717, 1.165) is 0 Å². The van der Waals surface area contributed by atoms with Gasteiger partial charge in [0.2, 0.25) is 0 Å². The molecule has 0 N–H and O–H groups in total. The lowest BCUT2D eigenvalue weighted by Crippen LogP contribution is -2.28. The van der Waals surface area contributed by atoms with Gasteiger partial charge in [0, 0.05) is 0 Å². The maximum atomic E-state index is 5.85. The highest BCUT2D eigenvalue weighted by atomic mass is 16.6. The van der Waals surface area contributed by atoms with Crippen LogP contribution in [0.5, 0.6) is 0 Å². The smallest absolute Gasteiger partial charge is 0.0847 e. The van der Waals surface area contributed by atoms with Crippen LogP contribution >= 0.6 is 0 Å². The minimum absolute atomic E-state index is 0.656. The topological polar surface area (TPSA) is 12.5 Å². The second-order valence-corrected chi connectivity index (χ2v) is 8.49. The first kappa shape index (κ1) is 19.3. The predicted octanol–water partition coefficient (Wildman–Crippen LogP) is 7.43. The number of hydrogen-bond donors (Lipinski definition) is 0. The van der Waals surface area contributed by atoms with Crippen molar-refractivity contribution in [2.75, 3.05) is 0 Å². The molecule has 0 aromatic heterocycles. The van der Waals surface area contributed by atoms with Crippen LogP contribution in [0.1, 0.15) is 123 Å². The zero-order chi connectivity index (χ0) is 16.4. The molecule has 1 heterocycles. The highest BCUT2D eigenvalue weighted by molar-refractivity contribution is 4.98. The van der Waals surface area contributed by atoms with E-state index in [1.807, 2.05) is 0 Å². The molecule has 1 aliphatic carbocycles. The predicted molar refractivity (Wildman–Crippen MR) is 101 cm³/mol. The molecule has 136 valence electrons. The third-order valence-corrected chi connectivity index (χ3v) is 6.40. The number of rotatable bonds is 14. The van der Waals surface area contributed by atoms with Crippen LogP contribution in [0.4, 0.5) is 0 Å². The first-order valence-corrected chi connectivity index (χ1v) is 10.9. The van der Waals surface area contributed by atoms with Gasteiger partial charge in [-0.15, -0.1) is 0 Å². The van der Waals surface area contributed by atoms with Crippen molar-refractivity contribution in [1.82, 2.24) is 0 Å². The molecule has 0 spiro atoms. The van der Waals surface area contributed by atoms with Gasteiger partial charge >= 0.3 is 0 Å². The number of hydrogen-bond acceptors (Lipinski definition) is 1. The van der Waals surface area contributed by atoms with Crippen LogP contribution in [0.25, 0.3) is 0 Å². The van der Waals surface area contributed by atoms with Gasteiger partial charge in [0.1, 0.15) is 0 Å². The van der Waals surface area contributed by atoms with Gasteiger partial charge < -0.3 is 4.74 Å². The summed E-state index contributed by atoms with van der Waals surface area (Å²) in [4.78, 5) is 0. The first-order chi connectivity index (χ1) is 11.3. The Balaban J connectivity index is 1.64. The lowest BCUT2D eigenvalue weighted by Gasteiger charge is -2.36. The molecule has 23 heavy (non-hydrogen) atoms. The van der Waals surface area contributed by atoms with Gasteiger partial charge in [-0.2, -0.15) is 0 Å². The van der Waals surface area contributed by atoms with E-state index in [-0.39, 0.29) is 0 Å². The fraction of sp³-hybridized carbons (Fsp3) is 1.00. The monoisotopic (exact) mass is 322 g/mol. The van der Waals surface area contributed by atoms with Crippen LogP contribution in [-0.2, 0) is 4.74 Å². The summed E-state index contributed by atoms with van der Waals surface area (Å²) < 4.78 is 5.85. The molecule has 2 fully saturated rings. The Hall–Kier alpha value is -0.0400. The third kappa shape index (κ3) is 7.16. The van der Waals surface area contributed by atoms with Gasteiger partial charge in [-0.1, -0.05) is 90.9 Å². The molecule has 1 nitrogen and oxygen atoms in total. The molecule has 2 unspecified atom stereocenters. The molecule has 0 aromatic rings. The number of fused-ring (bicyclic) bond motifs is 1. The second kappa shape index (κ2) is 10.7. The molecule has 2 rings (SSSR count). The molecule has 1 saturated carbocycles. The van der Waals surface area contributed by atoms with Gasteiger partial charge in [-0.05, 0) is 37.5 Å². The standard InChI is InChI=1S/C22H42O/c1-3-5-7-9-11-13-16-22(17-14-12-10-8-6-4-2)18-15-20-21(19-22)23-20/h20-21H,3-19H2,1-2H3. The Labute approximate surface area is 146 Å². The molecule has 0 bridgehead atoms. The minimum atomic E-state index is 0.656. The summed E-state index contributed by atoms with van der Waals surface area (Å²) in [5, 5.41) is 0. The van der Waals surface area contributed by atoms with Gasteiger partial charge in [0.05, 0.1) is 12.2 Å². The lowest BCUT2D eigenvalue weighted by molar-refractivity contribution is 0.159. The summed E-state index contributed by atoms with van der Waals surface area (Å²) >= 11 is 0.